The van der Waals surface area contributed by atoms with Gasteiger partial charge in [0.2, 0.25) is 0 Å². The fraction of sp³-hybridized carbons (Fsp3) is 0.812. The maximum Gasteiger partial charge on any atom is 0.306 e. The molecule has 0 rings (SSSR count). The predicted molar refractivity (Wildman–Crippen MR) is 188 cm³/mol. The predicted octanol–water partition coefficient (Wildman–Crippen LogP) is 11.0. The van der Waals surface area contributed by atoms with Crippen LogP contribution in [0.1, 0.15) is 123 Å². The summed E-state index contributed by atoms with van der Waals surface area (Å²) in [6.45, 7) is 4.66. The van der Waals surface area contributed by atoms with E-state index in [-0.39, 0.29) is 90.5 Å². The molecule has 0 aromatic heterocycles. The Morgan fingerprint density at radius 1 is 0.628 bits per heavy atom. The van der Waals surface area contributed by atoms with E-state index in [1.807, 2.05) is 21.6 Å². The van der Waals surface area contributed by atoms with Crippen molar-refractivity contribution in [2.75, 3.05) is 36.2 Å². The SMILES string of the molecule is CCCCCC/C=C\CCSSCCCC(=O)OC[C@H](CC[NH-])OC(=O)CCCSSCC/C=C\CCCCCC.[Y].[Y]. The minimum absolute atomic E-state index is 0. The van der Waals surface area contributed by atoms with Crippen molar-refractivity contribution in [3.8, 4) is 0 Å². The van der Waals surface area contributed by atoms with E-state index in [4.69, 9.17) is 15.2 Å². The molecule has 0 spiro atoms. The molecule has 0 aliphatic rings. The van der Waals surface area contributed by atoms with Crippen LogP contribution in [0.5, 0.6) is 0 Å². The number of unbranched alkanes of at least 4 members (excludes halogenated alkanes) is 8. The Bertz CT molecular complexity index is 661. The summed E-state index contributed by atoms with van der Waals surface area (Å²) in [7, 11) is 7.31. The third kappa shape index (κ3) is 40.1. The van der Waals surface area contributed by atoms with Gasteiger partial charge in [0, 0.05) is 101 Å². The molecule has 0 fully saturated rings. The molecule has 246 valence electrons. The van der Waals surface area contributed by atoms with Gasteiger partial charge in [0.05, 0.1) is 0 Å². The summed E-state index contributed by atoms with van der Waals surface area (Å²) < 4.78 is 10.8. The smallest absolute Gasteiger partial charge is 0.306 e. The molecule has 0 aromatic carbocycles. The van der Waals surface area contributed by atoms with Gasteiger partial charge < -0.3 is 15.2 Å². The molecular weight excluding hydrogens is 768 g/mol. The Kier molecular flexibility index (Phi) is 48.2. The summed E-state index contributed by atoms with van der Waals surface area (Å²) >= 11 is 0. The van der Waals surface area contributed by atoms with Gasteiger partial charge in [-0.3, -0.25) is 9.59 Å². The minimum Gasteiger partial charge on any atom is -0.677 e. The van der Waals surface area contributed by atoms with Crippen LogP contribution in [-0.2, 0) is 84.5 Å². The normalized spacial score (nSPS) is 11.8. The minimum atomic E-state index is -0.524. The van der Waals surface area contributed by atoms with E-state index in [1.54, 1.807) is 21.6 Å². The van der Waals surface area contributed by atoms with Gasteiger partial charge in [0.1, 0.15) is 12.7 Å². The maximum absolute atomic E-state index is 12.2. The first kappa shape index (κ1) is 49.4. The Morgan fingerprint density at radius 3 is 1.58 bits per heavy atom. The third-order valence-electron chi connectivity index (χ3n) is 6.10. The average molecular weight is 827 g/mol. The van der Waals surface area contributed by atoms with Crippen LogP contribution < -0.4 is 0 Å². The van der Waals surface area contributed by atoms with Gasteiger partial charge in [-0.15, -0.1) is 6.54 Å². The first-order valence-corrected chi connectivity index (χ1v) is 20.9. The Labute approximate surface area is 331 Å². The molecular formula is C32H58NO4S4Y2-. The Morgan fingerprint density at radius 2 is 1.09 bits per heavy atom. The van der Waals surface area contributed by atoms with Crippen LogP contribution in [0.3, 0.4) is 0 Å². The van der Waals surface area contributed by atoms with Crippen molar-refractivity contribution in [3.05, 3.63) is 30.0 Å². The molecule has 0 amide bonds. The molecule has 1 N–H and O–H groups in total. The van der Waals surface area contributed by atoms with E-state index >= 15 is 0 Å². The van der Waals surface area contributed by atoms with Crippen molar-refractivity contribution >= 4 is 55.1 Å². The van der Waals surface area contributed by atoms with Crippen molar-refractivity contribution in [2.45, 2.75) is 129 Å². The van der Waals surface area contributed by atoms with Gasteiger partial charge in [-0.2, -0.15) is 0 Å². The number of ether oxygens (including phenoxy) is 2. The van der Waals surface area contributed by atoms with Crippen LogP contribution in [0.25, 0.3) is 5.73 Å². The van der Waals surface area contributed by atoms with Gasteiger partial charge in [-0.05, 0) is 57.8 Å². The zero-order chi connectivity index (χ0) is 30.1. The molecule has 1 atom stereocenters. The van der Waals surface area contributed by atoms with E-state index in [1.165, 1.54) is 64.2 Å². The van der Waals surface area contributed by atoms with Gasteiger partial charge in [0.15, 0.2) is 0 Å². The second kappa shape index (κ2) is 42.0. The molecule has 0 aromatic rings. The van der Waals surface area contributed by atoms with Crippen LogP contribution in [0.2, 0.25) is 0 Å². The summed E-state index contributed by atoms with van der Waals surface area (Å²) in [5.41, 5.74) is 7.49. The number of esters is 2. The van der Waals surface area contributed by atoms with Crippen LogP contribution in [0.15, 0.2) is 24.3 Å². The van der Waals surface area contributed by atoms with E-state index in [0.717, 1.165) is 48.7 Å². The summed E-state index contributed by atoms with van der Waals surface area (Å²) in [5, 5.41) is 0. The van der Waals surface area contributed by atoms with Crippen LogP contribution in [0, 0.1) is 0 Å². The van der Waals surface area contributed by atoms with Crippen molar-refractivity contribution in [1.29, 1.82) is 0 Å². The summed E-state index contributed by atoms with van der Waals surface area (Å²) in [5.74, 6) is 3.48. The maximum atomic E-state index is 12.2. The Hall–Kier alpha value is 1.99. The van der Waals surface area contributed by atoms with Crippen LogP contribution >= 0.6 is 43.2 Å². The summed E-state index contributed by atoms with van der Waals surface area (Å²) in [6.07, 6.45) is 26.4. The molecule has 2 radical (unpaired) electrons. The molecule has 0 saturated carbocycles. The zero-order valence-corrected chi connectivity index (χ0v) is 36.0. The molecule has 0 aliphatic carbocycles. The average Bonchev–Trinajstić information content (AvgIpc) is 2.96. The molecule has 11 heteroatoms. The fourth-order valence-corrected chi connectivity index (χ4v) is 7.87. The second-order valence-corrected chi connectivity index (χ2v) is 15.5. The first-order chi connectivity index (χ1) is 20.1. The molecule has 0 saturated heterocycles. The standard InChI is InChI=1S/C32H58NO4S4.2Y/c1-3-5-7-9-11-13-15-17-25-38-40-27-19-21-31(34)36-29-30(23-24-33)37-32(35)22-20-28-41-39-26-18-16-14-12-10-8-6-4-2;;/h13-16,30,33H,3-12,17-29H2,1-2H3;;/q-1;;/b15-13-,16-14-;;/t30-;;/m0../s1. The van der Waals surface area contributed by atoms with E-state index in [9.17, 15) is 9.59 Å². The second-order valence-electron chi connectivity index (χ2n) is 10.0. The summed E-state index contributed by atoms with van der Waals surface area (Å²) in [4.78, 5) is 24.3. The molecule has 0 bridgehead atoms. The topological polar surface area (TPSA) is 76.4 Å². The van der Waals surface area contributed by atoms with Crippen molar-refractivity contribution in [1.82, 2.24) is 0 Å². The monoisotopic (exact) mass is 826 g/mol. The quantitative estimate of drug-likeness (QED) is 0.0296. The number of hydrogen-bond acceptors (Lipinski definition) is 8. The van der Waals surface area contributed by atoms with Gasteiger partial charge in [-0.1, -0.05) is 120 Å². The number of carbonyl (C=O) groups is 2. The van der Waals surface area contributed by atoms with Crippen molar-refractivity contribution in [2.24, 2.45) is 0 Å². The molecule has 5 nitrogen and oxygen atoms in total. The first-order valence-electron chi connectivity index (χ1n) is 15.9. The van der Waals surface area contributed by atoms with Gasteiger partial charge in [-0.25, -0.2) is 0 Å². The number of carbonyl (C=O) groups excluding carboxylic acids is 2. The number of hydrogen-bond donors (Lipinski definition) is 0. The van der Waals surface area contributed by atoms with Gasteiger partial charge in [0.25, 0.3) is 0 Å². The van der Waals surface area contributed by atoms with Crippen molar-refractivity contribution in [3.63, 3.8) is 0 Å². The summed E-state index contributed by atoms with van der Waals surface area (Å²) in [6, 6.07) is 0. The Balaban J connectivity index is -0.00000800. The van der Waals surface area contributed by atoms with Crippen molar-refractivity contribution < 1.29 is 84.5 Å². The van der Waals surface area contributed by atoms with Crippen LogP contribution in [0.4, 0.5) is 0 Å². The number of allylic oxidation sites excluding steroid dienone is 4. The van der Waals surface area contributed by atoms with E-state index in [2.05, 4.69) is 38.2 Å². The molecule has 0 heterocycles. The largest absolute Gasteiger partial charge is 0.677 e. The molecule has 43 heavy (non-hydrogen) atoms. The van der Waals surface area contributed by atoms with E-state index in [0.29, 0.717) is 19.3 Å². The third-order valence-corrected chi connectivity index (χ3v) is 11.1. The number of rotatable bonds is 31. The van der Waals surface area contributed by atoms with Gasteiger partial charge >= 0.3 is 11.9 Å². The molecule has 0 unspecified atom stereocenters. The van der Waals surface area contributed by atoms with Crippen LogP contribution in [-0.4, -0.2) is 54.2 Å². The molecule has 0 aliphatic heterocycles. The van der Waals surface area contributed by atoms with E-state index < -0.39 is 6.10 Å². The number of nitrogens with one attached hydrogen (secondary N) is 1. The fourth-order valence-electron chi connectivity index (χ4n) is 3.71. The zero-order valence-electron chi connectivity index (χ0n) is 27.1.